The number of pyridine rings is 1. The molecule has 1 aromatic carbocycles. The van der Waals surface area contributed by atoms with Crippen LogP contribution in [0.5, 0.6) is 0 Å². The van der Waals surface area contributed by atoms with Crippen LogP contribution in [-0.4, -0.2) is 14.5 Å². The SMILES string of the molecule is Clc1cccc(Cn2ccnc2CNCc2cccnc2)c1. The second kappa shape index (κ2) is 7.20. The van der Waals surface area contributed by atoms with Crippen LogP contribution in [0.3, 0.4) is 0 Å². The highest BCUT2D eigenvalue weighted by molar-refractivity contribution is 6.30. The number of aromatic nitrogens is 3. The van der Waals surface area contributed by atoms with E-state index in [9.17, 15) is 0 Å². The van der Waals surface area contributed by atoms with Crippen LogP contribution in [0.2, 0.25) is 5.02 Å². The number of halogens is 1. The van der Waals surface area contributed by atoms with Gasteiger partial charge in [0.25, 0.3) is 0 Å². The van der Waals surface area contributed by atoms with Crippen LogP contribution in [0, 0.1) is 0 Å². The maximum atomic E-state index is 6.03. The summed E-state index contributed by atoms with van der Waals surface area (Å²) >= 11 is 6.03. The fraction of sp³-hybridized carbons (Fsp3) is 0.176. The summed E-state index contributed by atoms with van der Waals surface area (Å²) < 4.78 is 2.13. The third-order valence-corrected chi connectivity index (χ3v) is 3.61. The Labute approximate surface area is 134 Å². The maximum Gasteiger partial charge on any atom is 0.122 e. The van der Waals surface area contributed by atoms with E-state index in [4.69, 9.17) is 11.6 Å². The molecule has 0 radical (unpaired) electrons. The molecular formula is C17H17ClN4. The number of rotatable bonds is 6. The quantitative estimate of drug-likeness (QED) is 0.759. The Bertz CT molecular complexity index is 724. The number of benzene rings is 1. The van der Waals surface area contributed by atoms with Crippen LogP contribution in [0.25, 0.3) is 0 Å². The van der Waals surface area contributed by atoms with Crippen LogP contribution in [0.4, 0.5) is 0 Å². The van der Waals surface area contributed by atoms with E-state index in [0.717, 1.165) is 29.5 Å². The summed E-state index contributed by atoms with van der Waals surface area (Å²) in [6.45, 7) is 2.25. The zero-order valence-electron chi connectivity index (χ0n) is 12.1. The van der Waals surface area contributed by atoms with Crippen LogP contribution in [0.15, 0.2) is 61.2 Å². The van der Waals surface area contributed by atoms with E-state index in [1.54, 1.807) is 6.20 Å². The Morgan fingerprint density at radius 3 is 2.77 bits per heavy atom. The molecule has 2 heterocycles. The fourth-order valence-corrected chi connectivity index (χ4v) is 2.52. The molecule has 22 heavy (non-hydrogen) atoms. The summed E-state index contributed by atoms with van der Waals surface area (Å²) in [5.41, 5.74) is 2.33. The Morgan fingerprint density at radius 2 is 1.95 bits per heavy atom. The van der Waals surface area contributed by atoms with Gasteiger partial charge in [-0.25, -0.2) is 4.98 Å². The molecule has 0 fully saturated rings. The first kappa shape index (κ1) is 14.8. The van der Waals surface area contributed by atoms with Crippen molar-refractivity contribution in [3.05, 3.63) is 83.2 Å². The van der Waals surface area contributed by atoms with Crippen molar-refractivity contribution in [3.63, 3.8) is 0 Å². The van der Waals surface area contributed by atoms with Gasteiger partial charge in [0.05, 0.1) is 6.54 Å². The van der Waals surface area contributed by atoms with E-state index in [-0.39, 0.29) is 0 Å². The molecule has 2 aromatic heterocycles. The Morgan fingerprint density at radius 1 is 1.05 bits per heavy atom. The first-order valence-electron chi connectivity index (χ1n) is 7.15. The highest BCUT2D eigenvalue weighted by atomic mass is 35.5. The minimum Gasteiger partial charge on any atom is -0.329 e. The van der Waals surface area contributed by atoms with Crippen molar-refractivity contribution in [2.75, 3.05) is 0 Å². The average molecular weight is 313 g/mol. The minimum absolute atomic E-state index is 0.711. The summed E-state index contributed by atoms with van der Waals surface area (Å²) in [5, 5.41) is 4.15. The molecule has 0 atom stereocenters. The van der Waals surface area contributed by atoms with Crippen LogP contribution >= 0.6 is 11.6 Å². The number of nitrogens with one attached hydrogen (secondary N) is 1. The second-order valence-corrected chi connectivity index (χ2v) is 5.50. The zero-order valence-corrected chi connectivity index (χ0v) is 12.9. The van der Waals surface area contributed by atoms with Gasteiger partial charge >= 0.3 is 0 Å². The van der Waals surface area contributed by atoms with Crippen molar-refractivity contribution in [1.29, 1.82) is 0 Å². The molecule has 0 unspecified atom stereocenters. The molecule has 0 aliphatic carbocycles. The molecule has 0 spiro atoms. The molecule has 3 aromatic rings. The summed E-state index contributed by atoms with van der Waals surface area (Å²) in [6.07, 6.45) is 7.46. The molecule has 0 aliphatic heterocycles. The van der Waals surface area contributed by atoms with Gasteiger partial charge in [-0.3, -0.25) is 4.98 Å². The molecule has 0 bridgehead atoms. The van der Waals surface area contributed by atoms with Gasteiger partial charge < -0.3 is 9.88 Å². The van der Waals surface area contributed by atoms with Gasteiger partial charge in [0, 0.05) is 42.9 Å². The molecule has 112 valence electrons. The Hall–Kier alpha value is -2.17. The van der Waals surface area contributed by atoms with E-state index in [0.29, 0.717) is 6.54 Å². The predicted molar refractivity (Wildman–Crippen MR) is 87.6 cm³/mol. The van der Waals surface area contributed by atoms with Gasteiger partial charge in [-0.05, 0) is 29.3 Å². The smallest absolute Gasteiger partial charge is 0.122 e. The molecule has 0 saturated carbocycles. The summed E-state index contributed by atoms with van der Waals surface area (Å²) in [6, 6.07) is 11.9. The summed E-state index contributed by atoms with van der Waals surface area (Å²) in [5.74, 6) is 1.00. The minimum atomic E-state index is 0.711. The van der Waals surface area contributed by atoms with Gasteiger partial charge in [0.15, 0.2) is 0 Å². The van der Waals surface area contributed by atoms with Gasteiger partial charge in [-0.1, -0.05) is 29.8 Å². The van der Waals surface area contributed by atoms with Crippen molar-refractivity contribution in [3.8, 4) is 0 Å². The second-order valence-electron chi connectivity index (χ2n) is 5.07. The molecule has 5 heteroatoms. The molecule has 0 aliphatic rings. The maximum absolute atomic E-state index is 6.03. The van der Waals surface area contributed by atoms with Gasteiger partial charge in [-0.2, -0.15) is 0 Å². The van der Waals surface area contributed by atoms with E-state index < -0.39 is 0 Å². The van der Waals surface area contributed by atoms with Gasteiger partial charge in [-0.15, -0.1) is 0 Å². The first-order valence-corrected chi connectivity index (χ1v) is 7.53. The lowest BCUT2D eigenvalue weighted by atomic mass is 10.2. The molecule has 1 N–H and O–H groups in total. The number of nitrogens with zero attached hydrogens (tertiary/aromatic N) is 3. The zero-order chi connectivity index (χ0) is 15.2. The fourth-order valence-electron chi connectivity index (χ4n) is 2.30. The Balaban J connectivity index is 1.60. The van der Waals surface area contributed by atoms with Crippen molar-refractivity contribution in [2.45, 2.75) is 19.6 Å². The standard InChI is InChI=1S/C17H17ClN4/c18-16-5-1-3-14(9-16)13-22-8-7-21-17(22)12-20-11-15-4-2-6-19-10-15/h1-10,20H,11-13H2. The van der Waals surface area contributed by atoms with E-state index in [1.807, 2.05) is 42.9 Å². The summed E-state index contributed by atoms with van der Waals surface area (Å²) in [7, 11) is 0. The van der Waals surface area contributed by atoms with Crippen LogP contribution in [-0.2, 0) is 19.6 Å². The van der Waals surface area contributed by atoms with Crippen LogP contribution < -0.4 is 5.32 Å². The Kier molecular flexibility index (Phi) is 4.83. The summed E-state index contributed by atoms with van der Waals surface area (Å²) in [4.78, 5) is 8.53. The van der Waals surface area contributed by atoms with Gasteiger partial charge in [0.1, 0.15) is 5.82 Å². The van der Waals surface area contributed by atoms with E-state index >= 15 is 0 Å². The number of hydrogen-bond acceptors (Lipinski definition) is 3. The largest absolute Gasteiger partial charge is 0.329 e. The molecular weight excluding hydrogens is 296 g/mol. The topological polar surface area (TPSA) is 42.7 Å². The lowest BCUT2D eigenvalue weighted by molar-refractivity contribution is 0.621. The third-order valence-electron chi connectivity index (χ3n) is 3.38. The van der Waals surface area contributed by atoms with Crippen molar-refractivity contribution in [1.82, 2.24) is 19.9 Å². The van der Waals surface area contributed by atoms with Crippen molar-refractivity contribution >= 4 is 11.6 Å². The number of hydrogen-bond donors (Lipinski definition) is 1. The molecule has 0 amide bonds. The molecule has 0 saturated heterocycles. The van der Waals surface area contributed by atoms with Crippen LogP contribution in [0.1, 0.15) is 17.0 Å². The third kappa shape index (κ3) is 3.93. The lowest BCUT2D eigenvalue weighted by Gasteiger charge is -2.09. The van der Waals surface area contributed by atoms with E-state index in [1.165, 1.54) is 5.56 Å². The number of imidazole rings is 1. The first-order chi connectivity index (χ1) is 10.8. The highest BCUT2D eigenvalue weighted by Crippen LogP contribution is 2.12. The molecule has 3 rings (SSSR count). The predicted octanol–water partition coefficient (Wildman–Crippen LogP) is 3.27. The lowest BCUT2D eigenvalue weighted by Crippen LogP contribution is -2.17. The highest BCUT2D eigenvalue weighted by Gasteiger charge is 2.04. The normalized spacial score (nSPS) is 10.8. The average Bonchev–Trinajstić information content (AvgIpc) is 2.96. The monoisotopic (exact) mass is 312 g/mol. The molecule has 4 nitrogen and oxygen atoms in total. The van der Waals surface area contributed by atoms with Crippen molar-refractivity contribution < 1.29 is 0 Å². The van der Waals surface area contributed by atoms with Crippen molar-refractivity contribution in [2.24, 2.45) is 0 Å². The van der Waals surface area contributed by atoms with E-state index in [2.05, 4.69) is 32.0 Å². The van der Waals surface area contributed by atoms with Gasteiger partial charge in [0.2, 0.25) is 0 Å².